The van der Waals surface area contributed by atoms with Gasteiger partial charge in [0.25, 0.3) is 0 Å². The maximum Gasteiger partial charge on any atom is 0.0794 e. The highest BCUT2D eigenvalue weighted by Gasteiger charge is 2.24. The van der Waals surface area contributed by atoms with Gasteiger partial charge < -0.3 is 0 Å². The molecular formula is C13H19NS. The number of rotatable bonds is 2. The molecular weight excluding hydrogens is 202 g/mol. The van der Waals surface area contributed by atoms with E-state index in [1.54, 1.807) is 0 Å². The van der Waals surface area contributed by atoms with Crippen LogP contribution in [-0.4, -0.2) is 11.8 Å². The smallest absolute Gasteiger partial charge is 0.0794 e. The highest BCUT2D eigenvalue weighted by Crippen LogP contribution is 2.35. The molecule has 0 radical (unpaired) electrons. The summed E-state index contributed by atoms with van der Waals surface area (Å²) < 4.78 is 0. The predicted octanol–water partition coefficient (Wildman–Crippen LogP) is 3.42. The molecule has 1 saturated heterocycles. The zero-order valence-electron chi connectivity index (χ0n) is 9.71. The van der Waals surface area contributed by atoms with Crippen molar-refractivity contribution in [1.82, 2.24) is 5.32 Å². The van der Waals surface area contributed by atoms with Crippen molar-refractivity contribution in [3.63, 3.8) is 0 Å². The Balaban J connectivity index is 2.17. The van der Waals surface area contributed by atoms with Crippen LogP contribution in [-0.2, 0) is 0 Å². The predicted molar refractivity (Wildman–Crippen MR) is 68.3 cm³/mol. The minimum atomic E-state index is 0.510. The second kappa shape index (κ2) is 4.58. The Labute approximate surface area is 96.7 Å². The molecule has 2 atom stereocenters. The van der Waals surface area contributed by atoms with E-state index in [0.717, 1.165) is 0 Å². The molecule has 0 aliphatic carbocycles. The molecule has 1 aliphatic heterocycles. The summed E-state index contributed by atoms with van der Waals surface area (Å²) in [5.41, 5.74) is 4.23. The van der Waals surface area contributed by atoms with Gasteiger partial charge in [0.1, 0.15) is 0 Å². The first-order valence-electron chi connectivity index (χ1n) is 5.65. The second-order valence-electron chi connectivity index (χ2n) is 4.35. The summed E-state index contributed by atoms with van der Waals surface area (Å²) in [5, 5.41) is 4.19. The molecule has 0 spiro atoms. The lowest BCUT2D eigenvalue weighted by molar-refractivity contribution is 0.560. The SMILES string of the molecule is CCC1CSC(c2ccc(C)cc2C)N1. The van der Waals surface area contributed by atoms with Gasteiger partial charge in [0, 0.05) is 11.8 Å². The van der Waals surface area contributed by atoms with Gasteiger partial charge in [-0.3, -0.25) is 5.32 Å². The molecule has 0 saturated carbocycles. The molecule has 0 aromatic heterocycles. The molecule has 2 unspecified atom stereocenters. The normalized spacial score (nSPS) is 25.8. The molecule has 1 heterocycles. The largest absolute Gasteiger partial charge is 0.298 e. The highest BCUT2D eigenvalue weighted by molar-refractivity contribution is 7.99. The van der Waals surface area contributed by atoms with E-state index in [1.807, 2.05) is 11.8 Å². The van der Waals surface area contributed by atoms with Crippen LogP contribution in [0, 0.1) is 13.8 Å². The van der Waals surface area contributed by atoms with E-state index in [2.05, 4.69) is 44.3 Å². The van der Waals surface area contributed by atoms with Crippen LogP contribution < -0.4 is 5.32 Å². The minimum absolute atomic E-state index is 0.510. The van der Waals surface area contributed by atoms with Crippen molar-refractivity contribution >= 4 is 11.8 Å². The Kier molecular flexibility index (Phi) is 3.37. The fraction of sp³-hybridized carbons (Fsp3) is 0.538. The van der Waals surface area contributed by atoms with E-state index in [9.17, 15) is 0 Å². The molecule has 1 aromatic rings. The topological polar surface area (TPSA) is 12.0 Å². The van der Waals surface area contributed by atoms with E-state index in [1.165, 1.54) is 28.9 Å². The van der Waals surface area contributed by atoms with Crippen LogP contribution in [0.5, 0.6) is 0 Å². The standard InChI is InChI=1S/C13H19NS/c1-4-11-8-15-13(14-11)12-6-5-9(2)7-10(12)3/h5-7,11,13-14H,4,8H2,1-3H3. The number of nitrogens with one attached hydrogen (secondary N) is 1. The van der Waals surface area contributed by atoms with Gasteiger partial charge in [0.2, 0.25) is 0 Å². The zero-order chi connectivity index (χ0) is 10.8. The van der Waals surface area contributed by atoms with Gasteiger partial charge in [-0.15, -0.1) is 11.8 Å². The molecule has 2 rings (SSSR count). The van der Waals surface area contributed by atoms with Crippen LogP contribution in [0.3, 0.4) is 0 Å². The lowest BCUT2D eigenvalue weighted by Gasteiger charge is -2.15. The minimum Gasteiger partial charge on any atom is -0.298 e. The van der Waals surface area contributed by atoms with Crippen LogP contribution in [0.1, 0.15) is 35.4 Å². The molecule has 2 heteroatoms. The van der Waals surface area contributed by atoms with Crippen molar-refractivity contribution in [1.29, 1.82) is 0 Å². The lowest BCUT2D eigenvalue weighted by Crippen LogP contribution is -2.24. The quantitative estimate of drug-likeness (QED) is 0.821. The summed E-state index contributed by atoms with van der Waals surface area (Å²) in [7, 11) is 0. The average molecular weight is 221 g/mol. The third-order valence-corrected chi connectivity index (χ3v) is 4.37. The van der Waals surface area contributed by atoms with Gasteiger partial charge in [-0.05, 0) is 31.4 Å². The van der Waals surface area contributed by atoms with Gasteiger partial charge in [-0.1, -0.05) is 30.7 Å². The van der Waals surface area contributed by atoms with Gasteiger partial charge >= 0.3 is 0 Å². The highest BCUT2D eigenvalue weighted by atomic mass is 32.2. The molecule has 1 N–H and O–H groups in total. The third kappa shape index (κ3) is 2.37. The molecule has 1 aliphatic rings. The molecule has 0 amide bonds. The number of thioether (sulfide) groups is 1. The molecule has 0 bridgehead atoms. The molecule has 1 fully saturated rings. The Hall–Kier alpha value is -0.470. The Morgan fingerprint density at radius 2 is 2.20 bits per heavy atom. The van der Waals surface area contributed by atoms with Crippen LogP contribution in [0.4, 0.5) is 0 Å². The van der Waals surface area contributed by atoms with Crippen molar-refractivity contribution in [3.05, 3.63) is 34.9 Å². The van der Waals surface area contributed by atoms with Crippen molar-refractivity contribution in [2.45, 2.75) is 38.6 Å². The van der Waals surface area contributed by atoms with E-state index >= 15 is 0 Å². The molecule has 1 nitrogen and oxygen atoms in total. The first-order chi connectivity index (χ1) is 7.20. The van der Waals surface area contributed by atoms with Gasteiger partial charge in [0.05, 0.1) is 5.37 Å². The van der Waals surface area contributed by atoms with E-state index in [0.29, 0.717) is 11.4 Å². The number of hydrogen-bond acceptors (Lipinski definition) is 2. The van der Waals surface area contributed by atoms with Crippen molar-refractivity contribution in [3.8, 4) is 0 Å². The van der Waals surface area contributed by atoms with Gasteiger partial charge in [-0.2, -0.15) is 0 Å². The fourth-order valence-corrected chi connectivity index (χ4v) is 3.55. The summed E-state index contributed by atoms with van der Waals surface area (Å²) in [6.07, 6.45) is 1.23. The van der Waals surface area contributed by atoms with E-state index in [-0.39, 0.29) is 0 Å². The van der Waals surface area contributed by atoms with Crippen LogP contribution >= 0.6 is 11.8 Å². The second-order valence-corrected chi connectivity index (χ2v) is 5.48. The average Bonchev–Trinajstić information content (AvgIpc) is 2.66. The Morgan fingerprint density at radius 3 is 2.80 bits per heavy atom. The molecule has 1 aromatic carbocycles. The maximum atomic E-state index is 3.68. The summed E-state index contributed by atoms with van der Waals surface area (Å²) in [4.78, 5) is 0. The van der Waals surface area contributed by atoms with Crippen molar-refractivity contribution < 1.29 is 0 Å². The first kappa shape index (κ1) is 11.0. The summed E-state index contributed by atoms with van der Waals surface area (Å²) >= 11 is 2.04. The maximum absolute atomic E-state index is 3.68. The van der Waals surface area contributed by atoms with Gasteiger partial charge in [0.15, 0.2) is 0 Å². The monoisotopic (exact) mass is 221 g/mol. The number of aryl methyl sites for hydroxylation is 2. The first-order valence-corrected chi connectivity index (χ1v) is 6.70. The van der Waals surface area contributed by atoms with Crippen molar-refractivity contribution in [2.75, 3.05) is 5.75 Å². The summed E-state index contributed by atoms with van der Waals surface area (Å²) in [6.45, 7) is 6.62. The van der Waals surface area contributed by atoms with Crippen LogP contribution in [0.15, 0.2) is 18.2 Å². The number of hydrogen-bond donors (Lipinski definition) is 1. The zero-order valence-corrected chi connectivity index (χ0v) is 10.5. The lowest BCUT2D eigenvalue weighted by atomic mass is 10.1. The van der Waals surface area contributed by atoms with E-state index < -0.39 is 0 Å². The third-order valence-electron chi connectivity index (χ3n) is 3.05. The molecule has 15 heavy (non-hydrogen) atoms. The van der Waals surface area contributed by atoms with E-state index in [4.69, 9.17) is 0 Å². The van der Waals surface area contributed by atoms with Crippen molar-refractivity contribution in [2.24, 2.45) is 0 Å². The Bertz CT molecular complexity index is 348. The summed E-state index contributed by atoms with van der Waals surface area (Å²) in [5.74, 6) is 1.24. The fourth-order valence-electron chi connectivity index (χ4n) is 2.06. The molecule has 82 valence electrons. The van der Waals surface area contributed by atoms with Gasteiger partial charge in [-0.25, -0.2) is 0 Å². The number of benzene rings is 1. The van der Waals surface area contributed by atoms with Crippen LogP contribution in [0.2, 0.25) is 0 Å². The van der Waals surface area contributed by atoms with Crippen LogP contribution in [0.25, 0.3) is 0 Å². The Morgan fingerprint density at radius 1 is 1.40 bits per heavy atom. The summed E-state index contributed by atoms with van der Waals surface area (Å²) in [6, 6.07) is 7.45.